The molecule has 0 rings (SSSR count). The first-order valence-corrected chi connectivity index (χ1v) is 7.48. The molecule has 0 bridgehead atoms. The highest BCUT2D eigenvalue weighted by Gasteiger charge is 1.88. The Bertz CT molecular complexity index is 187. The molecular weight excluding hydrogens is 208 g/mol. The number of hydrogen-bond acceptors (Lipinski definition) is 1. The summed E-state index contributed by atoms with van der Waals surface area (Å²) in [7, 11) is 0. The van der Waals surface area contributed by atoms with E-state index in [4.69, 9.17) is 5.11 Å². The monoisotopic (exact) mass is 238 g/mol. The van der Waals surface area contributed by atoms with Crippen LogP contribution in [0.1, 0.15) is 84.0 Å². The molecule has 100 valence electrons. The van der Waals surface area contributed by atoms with E-state index in [1.165, 1.54) is 57.8 Å². The highest BCUT2D eigenvalue weighted by molar-refractivity contribution is 4.98. The van der Waals surface area contributed by atoms with Gasteiger partial charge in [-0.1, -0.05) is 51.9 Å². The van der Waals surface area contributed by atoms with Gasteiger partial charge in [-0.3, -0.25) is 0 Å². The molecule has 1 nitrogen and oxygen atoms in total. The number of rotatable bonds is 11. The minimum atomic E-state index is 0.345. The smallest absolute Gasteiger partial charge is 0.0431 e. The summed E-state index contributed by atoms with van der Waals surface area (Å²) in [6, 6.07) is 0. The highest BCUT2D eigenvalue weighted by Crippen LogP contribution is 2.05. The molecule has 0 aromatic carbocycles. The molecule has 17 heavy (non-hydrogen) atoms. The molecule has 0 unspecified atom stereocenters. The van der Waals surface area contributed by atoms with Crippen molar-refractivity contribution in [3.8, 4) is 11.8 Å². The van der Waals surface area contributed by atoms with Crippen LogP contribution in [0.5, 0.6) is 0 Å². The number of hydrogen-bond donors (Lipinski definition) is 1. The molecule has 0 atom stereocenters. The summed E-state index contributed by atoms with van der Waals surface area (Å²) in [4.78, 5) is 0. The third-order valence-corrected chi connectivity index (χ3v) is 2.99. The molecule has 0 aliphatic heterocycles. The Balaban J connectivity index is 3.04. The summed E-state index contributed by atoms with van der Waals surface area (Å²) >= 11 is 0. The van der Waals surface area contributed by atoms with Crippen LogP contribution in [0.25, 0.3) is 0 Å². The van der Waals surface area contributed by atoms with E-state index in [9.17, 15) is 0 Å². The minimum absolute atomic E-state index is 0.345. The van der Waals surface area contributed by atoms with Crippen LogP contribution < -0.4 is 0 Å². The van der Waals surface area contributed by atoms with Gasteiger partial charge in [0.05, 0.1) is 0 Å². The molecule has 1 N–H and O–H groups in total. The molecule has 0 saturated heterocycles. The zero-order chi connectivity index (χ0) is 12.6. The van der Waals surface area contributed by atoms with Crippen molar-refractivity contribution in [3.63, 3.8) is 0 Å². The Kier molecular flexibility index (Phi) is 15.1. The Morgan fingerprint density at radius 2 is 1.12 bits per heavy atom. The van der Waals surface area contributed by atoms with Crippen LogP contribution in [-0.2, 0) is 0 Å². The van der Waals surface area contributed by atoms with Gasteiger partial charge in [-0.2, -0.15) is 0 Å². The minimum Gasteiger partial charge on any atom is -0.396 e. The van der Waals surface area contributed by atoms with Crippen molar-refractivity contribution in [2.75, 3.05) is 6.61 Å². The second-order valence-corrected chi connectivity index (χ2v) is 4.76. The maximum atomic E-state index is 8.62. The van der Waals surface area contributed by atoms with Gasteiger partial charge in [0.25, 0.3) is 0 Å². The predicted molar refractivity (Wildman–Crippen MR) is 75.9 cm³/mol. The van der Waals surface area contributed by atoms with Crippen LogP contribution in [0.2, 0.25) is 0 Å². The SMILES string of the molecule is CCCCCCCC#CCCCCCCCO. The lowest BCUT2D eigenvalue weighted by Gasteiger charge is -1.96. The van der Waals surface area contributed by atoms with E-state index in [0.717, 1.165) is 19.3 Å². The van der Waals surface area contributed by atoms with Crippen LogP contribution in [0.4, 0.5) is 0 Å². The lowest BCUT2D eigenvalue weighted by atomic mass is 10.1. The van der Waals surface area contributed by atoms with Crippen molar-refractivity contribution < 1.29 is 5.11 Å². The fraction of sp³-hybridized carbons (Fsp3) is 0.875. The molecule has 0 spiro atoms. The second-order valence-electron chi connectivity index (χ2n) is 4.76. The summed E-state index contributed by atoms with van der Waals surface area (Å²) in [5.74, 6) is 6.54. The molecule has 0 aliphatic rings. The maximum Gasteiger partial charge on any atom is 0.0431 e. The molecule has 0 aromatic rings. The third-order valence-electron chi connectivity index (χ3n) is 2.99. The maximum absolute atomic E-state index is 8.62. The largest absolute Gasteiger partial charge is 0.396 e. The van der Waals surface area contributed by atoms with Gasteiger partial charge in [-0.25, -0.2) is 0 Å². The Labute approximate surface area is 108 Å². The van der Waals surface area contributed by atoms with E-state index in [1.54, 1.807) is 0 Å². The average molecular weight is 238 g/mol. The number of unbranched alkanes of at least 4 members (excludes halogenated alkanes) is 10. The summed E-state index contributed by atoms with van der Waals surface area (Å²) in [6.07, 6.45) is 14.7. The summed E-state index contributed by atoms with van der Waals surface area (Å²) in [6.45, 7) is 2.60. The van der Waals surface area contributed by atoms with E-state index in [2.05, 4.69) is 18.8 Å². The molecule has 0 saturated carbocycles. The highest BCUT2D eigenvalue weighted by atomic mass is 16.2. The fourth-order valence-electron chi connectivity index (χ4n) is 1.85. The Morgan fingerprint density at radius 3 is 1.65 bits per heavy atom. The molecule has 1 heteroatoms. The summed E-state index contributed by atoms with van der Waals surface area (Å²) in [5.41, 5.74) is 0. The van der Waals surface area contributed by atoms with Gasteiger partial charge in [0.2, 0.25) is 0 Å². The van der Waals surface area contributed by atoms with Crippen LogP contribution in [0.15, 0.2) is 0 Å². The average Bonchev–Trinajstić information content (AvgIpc) is 2.35. The first kappa shape index (κ1) is 16.5. The number of aliphatic hydroxyl groups excluding tert-OH is 1. The van der Waals surface area contributed by atoms with Crippen LogP contribution in [0, 0.1) is 11.8 Å². The van der Waals surface area contributed by atoms with E-state index in [0.29, 0.717) is 6.61 Å². The molecule has 0 heterocycles. The normalized spacial score (nSPS) is 10.0. The molecule has 0 amide bonds. The molecule has 0 radical (unpaired) electrons. The van der Waals surface area contributed by atoms with Gasteiger partial charge in [0.1, 0.15) is 0 Å². The van der Waals surface area contributed by atoms with E-state index >= 15 is 0 Å². The lowest BCUT2D eigenvalue weighted by Crippen LogP contribution is -1.83. The van der Waals surface area contributed by atoms with Crippen LogP contribution in [-0.4, -0.2) is 11.7 Å². The quantitative estimate of drug-likeness (QED) is 0.409. The Hall–Kier alpha value is -0.480. The third kappa shape index (κ3) is 15.5. The topological polar surface area (TPSA) is 20.2 Å². The van der Waals surface area contributed by atoms with Crippen molar-refractivity contribution in [3.05, 3.63) is 0 Å². The standard InChI is InChI=1S/C16H30O/c1-2-3-4-5-6-7-8-9-10-11-12-13-14-15-16-17/h17H,2-7,10-16H2,1H3. The van der Waals surface area contributed by atoms with Crippen molar-refractivity contribution in [1.29, 1.82) is 0 Å². The second kappa shape index (κ2) is 15.5. The van der Waals surface area contributed by atoms with Crippen LogP contribution in [0.3, 0.4) is 0 Å². The van der Waals surface area contributed by atoms with Crippen molar-refractivity contribution in [2.24, 2.45) is 0 Å². The van der Waals surface area contributed by atoms with Gasteiger partial charge in [0.15, 0.2) is 0 Å². The molecule has 0 aromatic heterocycles. The van der Waals surface area contributed by atoms with Gasteiger partial charge in [-0.15, -0.1) is 11.8 Å². The van der Waals surface area contributed by atoms with Gasteiger partial charge in [0, 0.05) is 19.4 Å². The first-order valence-electron chi connectivity index (χ1n) is 7.48. The summed E-state index contributed by atoms with van der Waals surface area (Å²) in [5, 5.41) is 8.62. The van der Waals surface area contributed by atoms with Crippen molar-refractivity contribution >= 4 is 0 Å². The fourth-order valence-corrected chi connectivity index (χ4v) is 1.85. The molecular formula is C16H30O. The lowest BCUT2D eigenvalue weighted by molar-refractivity contribution is 0.282. The van der Waals surface area contributed by atoms with Crippen LogP contribution >= 0.6 is 0 Å². The first-order chi connectivity index (χ1) is 8.41. The van der Waals surface area contributed by atoms with Gasteiger partial charge >= 0.3 is 0 Å². The Morgan fingerprint density at radius 1 is 0.647 bits per heavy atom. The van der Waals surface area contributed by atoms with Crippen molar-refractivity contribution in [1.82, 2.24) is 0 Å². The van der Waals surface area contributed by atoms with E-state index in [1.807, 2.05) is 0 Å². The predicted octanol–water partition coefficient (Wildman–Crippen LogP) is 4.68. The molecule has 0 aliphatic carbocycles. The van der Waals surface area contributed by atoms with Gasteiger partial charge in [-0.05, 0) is 19.3 Å². The zero-order valence-electron chi connectivity index (χ0n) is 11.6. The number of aliphatic hydroxyl groups is 1. The summed E-state index contributed by atoms with van der Waals surface area (Å²) < 4.78 is 0. The van der Waals surface area contributed by atoms with E-state index < -0.39 is 0 Å². The van der Waals surface area contributed by atoms with Gasteiger partial charge < -0.3 is 5.11 Å². The zero-order valence-corrected chi connectivity index (χ0v) is 11.6. The molecule has 0 fully saturated rings. The van der Waals surface area contributed by atoms with Crippen molar-refractivity contribution in [2.45, 2.75) is 84.0 Å². The van der Waals surface area contributed by atoms with E-state index in [-0.39, 0.29) is 0 Å².